The van der Waals surface area contributed by atoms with Crippen LogP contribution in [0, 0.1) is 6.92 Å². The van der Waals surface area contributed by atoms with Crippen LogP contribution in [0.1, 0.15) is 19.4 Å². The van der Waals surface area contributed by atoms with Crippen LogP contribution in [0.3, 0.4) is 0 Å². The van der Waals surface area contributed by atoms with Crippen molar-refractivity contribution >= 4 is 10.9 Å². The van der Waals surface area contributed by atoms with Gasteiger partial charge in [-0.1, -0.05) is 13.8 Å². The van der Waals surface area contributed by atoms with Gasteiger partial charge in [0.15, 0.2) is 0 Å². The third-order valence-corrected chi connectivity index (χ3v) is 2.24. The van der Waals surface area contributed by atoms with Gasteiger partial charge in [0.25, 0.3) is 0 Å². The molecule has 0 unspecified atom stereocenters. The van der Waals surface area contributed by atoms with Crippen molar-refractivity contribution in [1.29, 1.82) is 0 Å². The number of hydrogen-bond donors (Lipinski definition) is 1. The van der Waals surface area contributed by atoms with E-state index in [0.29, 0.717) is 0 Å². The van der Waals surface area contributed by atoms with Gasteiger partial charge in [0, 0.05) is 11.5 Å². The Morgan fingerprint density at radius 2 is 1.88 bits per heavy atom. The van der Waals surface area contributed by atoms with Crippen molar-refractivity contribution in [2.75, 3.05) is 7.11 Å². The Morgan fingerprint density at radius 3 is 2.50 bits per heavy atom. The minimum Gasteiger partial charge on any atom is -0.497 e. The average Bonchev–Trinajstić information content (AvgIpc) is 2.32. The molecule has 0 saturated carbocycles. The Morgan fingerprint density at radius 1 is 1.19 bits per heavy atom. The zero-order chi connectivity index (χ0) is 12.1. The maximum atomic E-state index is 11.1. The lowest BCUT2D eigenvalue weighted by Crippen LogP contribution is -2.03. The number of aromatic nitrogens is 1. The van der Waals surface area contributed by atoms with Gasteiger partial charge in [0.05, 0.1) is 12.6 Å². The van der Waals surface area contributed by atoms with Crippen LogP contribution in [-0.2, 0) is 0 Å². The summed E-state index contributed by atoms with van der Waals surface area (Å²) in [6.45, 7) is 5.95. The van der Waals surface area contributed by atoms with Crippen LogP contribution in [0.25, 0.3) is 10.9 Å². The highest BCUT2D eigenvalue weighted by atomic mass is 16.5. The van der Waals surface area contributed by atoms with Crippen LogP contribution in [0.15, 0.2) is 29.1 Å². The van der Waals surface area contributed by atoms with E-state index in [2.05, 4.69) is 4.98 Å². The first kappa shape index (κ1) is 12.3. The molecule has 0 radical (unpaired) electrons. The van der Waals surface area contributed by atoms with Crippen LogP contribution in [0.2, 0.25) is 0 Å². The Hall–Kier alpha value is -1.77. The number of methoxy groups -OCH3 is 1. The van der Waals surface area contributed by atoms with E-state index in [1.807, 2.05) is 32.9 Å². The number of H-pyrrole nitrogens is 1. The maximum absolute atomic E-state index is 11.1. The molecule has 0 atom stereocenters. The van der Waals surface area contributed by atoms with Gasteiger partial charge in [-0.05, 0) is 30.7 Å². The zero-order valence-electron chi connectivity index (χ0n) is 10.1. The quantitative estimate of drug-likeness (QED) is 0.801. The summed E-state index contributed by atoms with van der Waals surface area (Å²) in [7, 11) is 1.63. The van der Waals surface area contributed by atoms with Gasteiger partial charge >= 0.3 is 0 Å². The summed E-state index contributed by atoms with van der Waals surface area (Å²) in [4.78, 5) is 13.9. The van der Waals surface area contributed by atoms with E-state index in [4.69, 9.17) is 4.74 Å². The normalized spacial score (nSPS) is 9.50. The average molecular weight is 219 g/mol. The molecule has 0 amide bonds. The Bertz CT molecular complexity index is 529. The van der Waals surface area contributed by atoms with Crippen molar-refractivity contribution in [3.63, 3.8) is 0 Å². The molecule has 2 rings (SSSR count). The van der Waals surface area contributed by atoms with Crippen molar-refractivity contribution in [3.8, 4) is 5.75 Å². The fourth-order valence-electron chi connectivity index (χ4n) is 1.53. The van der Waals surface area contributed by atoms with Crippen LogP contribution in [-0.4, -0.2) is 12.1 Å². The summed E-state index contributed by atoms with van der Waals surface area (Å²) in [5.41, 5.74) is 1.81. The molecule has 1 aromatic carbocycles. The molecule has 0 aliphatic rings. The molecule has 1 aromatic heterocycles. The smallest absolute Gasteiger partial charge is 0.248 e. The van der Waals surface area contributed by atoms with Crippen LogP contribution in [0.4, 0.5) is 0 Å². The highest BCUT2D eigenvalue weighted by Crippen LogP contribution is 2.21. The molecule has 0 aliphatic heterocycles. The minimum atomic E-state index is -0.0780. The van der Waals surface area contributed by atoms with Crippen molar-refractivity contribution in [1.82, 2.24) is 4.98 Å². The van der Waals surface area contributed by atoms with Gasteiger partial charge in [0.1, 0.15) is 5.75 Å². The summed E-state index contributed by atoms with van der Waals surface area (Å²) in [6.07, 6.45) is 0. The molecule has 16 heavy (non-hydrogen) atoms. The van der Waals surface area contributed by atoms with E-state index in [1.54, 1.807) is 13.2 Å². The molecule has 0 bridgehead atoms. The number of rotatable bonds is 1. The van der Waals surface area contributed by atoms with Crippen LogP contribution < -0.4 is 10.3 Å². The maximum Gasteiger partial charge on any atom is 0.248 e. The molecule has 86 valence electrons. The first-order valence-electron chi connectivity index (χ1n) is 5.38. The Balaban J connectivity index is 0.000000606. The van der Waals surface area contributed by atoms with Gasteiger partial charge in [-0.15, -0.1) is 0 Å². The number of benzene rings is 1. The summed E-state index contributed by atoms with van der Waals surface area (Å²) in [6, 6.07) is 7.11. The second-order valence-corrected chi connectivity index (χ2v) is 3.23. The molecule has 3 nitrogen and oxygen atoms in total. The lowest BCUT2D eigenvalue weighted by atomic mass is 10.1. The molecule has 2 aromatic rings. The lowest BCUT2D eigenvalue weighted by molar-refractivity contribution is 0.415. The number of hydrogen-bond acceptors (Lipinski definition) is 2. The number of aryl methyl sites for hydroxylation is 1. The fourth-order valence-corrected chi connectivity index (χ4v) is 1.53. The first-order chi connectivity index (χ1) is 7.70. The molecule has 0 fully saturated rings. The summed E-state index contributed by atoms with van der Waals surface area (Å²) in [5.74, 6) is 0.807. The van der Waals surface area contributed by atoms with Gasteiger partial charge in [-0.25, -0.2) is 0 Å². The third kappa shape index (κ3) is 2.42. The van der Waals surface area contributed by atoms with Crippen LogP contribution in [0.5, 0.6) is 5.75 Å². The number of aromatic amines is 1. The molecule has 1 heterocycles. The first-order valence-corrected chi connectivity index (χ1v) is 5.38. The standard InChI is InChI=1S/C11H11NO2.C2H6/c1-7-5-9(14-2)6-8-3-4-10(13)12-11(7)8;1-2/h3-6H,1-2H3,(H,12,13);1-2H3. The minimum absolute atomic E-state index is 0.0780. The predicted molar refractivity (Wildman–Crippen MR) is 67.2 cm³/mol. The van der Waals surface area contributed by atoms with E-state index < -0.39 is 0 Å². The number of ether oxygens (including phenoxy) is 1. The van der Waals surface area contributed by atoms with E-state index in [1.165, 1.54) is 6.07 Å². The molecule has 3 heteroatoms. The van der Waals surface area contributed by atoms with Crippen molar-refractivity contribution in [2.24, 2.45) is 0 Å². The van der Waals surface area contributed by atoms with E-state index in [0.717, 1.165) is 22.2 Å². The molecular weight excluding hydrogens is 202 g/mol. The number of pyridine rings is 1. The van der Waals surface area contributed by atoms with E-state index in [-0.39, 0.29) is 5.56 Å². The third-order valence-electron chi connectivity index (χ3n) is 2.24. The van der Waals surface area contributed by atoms with Crippen LogP contribution >= 0.6 is 0 Å². The number of fused-ring (bicyclic) bond motifs is 1. The second kappa shape index (κ2) is 5.35. The van der Waals surface area contributed by atoms with Gasteiger partial charge in [-0.2, -0.15) is 0 Å². The molecule has 1 N–H and O–H groups in total. The summed E-state index contributed by atoms with van der Waals surface area (Å²) in [5, 5.41) is 0.987. The summed E-state index contributed by atoms with van der Waals surface area (Å²) < 4.78 is 5.14. The highest BCUT2D eigenvalue weighted by Gasteiger charge is 2.01. The Kier molecular flexibility index (Phi) is 4.11. The van der Waals surface area contributed by atoms with Gasteiger partial charge in [0.2, 0.25) is 5.56 Å². The molecule has 0 saturated heterocycles. The Labute approximate surface area is 95.1 Å². The fraction of sp³-hybridized carbons (Fsp3) is 0.308. The van der Waals surface area contributed by atoms with E-state index in [9.17, 15) is 4.79 Å². The van der Waals surface area contributed by atoms with E-state index >= 15 is 0 Å². The lowest BCUT2D eigenvalue weighted by Gasteiger charge is -2.05. The highest BCUT2D eigenvalue weighted by molar-refractivity contribution is 5.83. The van der Waals surface area contributed by atoms with Crippen molar-refractivity contribution in [2.45, 2.75) is 20.8 Å². The van der Waals surface area contributed by atoms with Gasteiger partial charge in [-0.3, -0.25) is 4.79 Å². The monoisotopic (exact) mass is 219 g/mol. The van der Waals surface area contributed by atoms with Crippen molar-refractivity contribution < 1.29 is 4.74 Å². The zero-order valence-corrected chi connectivity index (χ0v) is 10.1. The topological polar surface area (TPSA) is 42.1 Å². The SMILES string of the molecule is CC.COc1cc(C)c2[nH]c(=O)ccc2c1. The largest absolute Gasteiger partial charge is 0.497 e. The summed E-state index contributed by atoms with van der Waals surface area (Å²) >= 11 is 0. The number of nitrogens with one attached hydrogen (secondary N) is 1. The predicted octanol–water partition coefficient (Wildman–Crippen LogP) is 2.87. The van der Waals surface area contributed by atoms with Crippen molar-refractivity contribution in [3.05, 3.63) is 40.2 Å². The second-order valence-electron chi connectivity index (χ2n) is 3.23. The molecular formula is C13H17NO2. The molecule has 0 aliphatic carbocycles. The van der Waals surface area contributed by atoms with Gasteiger partial charge < -0.3 is 9.72 Å². The molecule has 0 spiro atoms.